The first-order chi connectivity index (χ1) is 4.75. The Kier molecular flexibility index (Phi) is 2.11. The van der Waals surface area contributed by atoms with Gasteiger partial charge in [-0.15, -0.1) is 11.8 Å². The molecular formula is C6H8N2OS. The van der Waals surface area contributed by atoms with Gasteiger partial charge in [-0.1, -0.05) is 0 Å². The van der Waals surface area contributed by atoms with Crippen LogP contribution in [0.1, 0.15) is 0 Å². The molecule has 0 aliphatic rings. The molecule has 0 saturated heterocycles. The van der Waals surface area contributed by atoms with Crippen molar-refractivity contribution in [2.24, 2.45) is 7.05 Å². The number of thioether (sulfide) groups is 1. The van der Waals surface area contributed by atoms with Gasteiger partial charge in [0.1, 0.15) is 0 Å². The minimum atomic E-state index is -0.202. The van der Waals surface area contributed by atoms with Crippen molar-refractivity contribution in [3.05, 3.63) is 22.7 Å². The van der Waals surface area contributed by atoms with E-state index < -0.39 is 0 Å². The van der Waals surface area contributed by atoms with Crippen LogP contribution in [-0.4, -0.2) is 15.8 Å². The zero-order chi connectivity index (χ0) is 7.56. The summed E-state index contributed by atoms with van der Waals surface area (Å²) in [5, 5.41) is 0.931. The van der Waals surface area contributed by atoms with Crippen molar-refractivity contribution < 1.29 is 0 Å². The van der Waals surface area contributed by atoms with Gasteiger partial charge in [0.05, 0.1) is 5.03 Å². The van der Waals surface area contributed by atoms with E-state index in [0.29, 0.717) is 0 Å². The van der Waals surface area contributed by atoms with Crippen LogP contribution in [0.15, 0.2) is 22.1 Å². The smallest absolute Gasteiger partial charge is 0.290 e. The third-order valence-corrected chi connectivity index (χ3v) is 2.06. The highest BCUT2D eigenvalue weighted by atomic mass is 32.2. The Morgan fingerprint density at radius 3 is 2.90 bits per heavy atom. The average molecular weight is 156 g/mol. The Balaban J connectivity index is 3.28. The predicted octanol–water partition coefficient (Wildman–Crippen LogP) is 0.502. The van der Waals surface area contributed by atoms with Crippen molar-refractivity contribution in [2.75, 3.05) is 6.26 Å². The third-order valence-electron chi connectivity index (χ3n) is 1.23. The molecule has 0 unspecified atom stereocenters. The maximum absolute atomic E-state index is 10.8. The van der Waals surface area contributed by atoms with Crippen molar-refractivity contribution in [3.8, 4) is 0 Å². The van der Waals surface area contributed by atoms with Crippen LogP contribution in [-0.2, 0) is 7.05 Å². The van der Waals surface area contributed by atoms with Crippen LogP contribution in [0.2, 0.25) is 0 Å². The molecular weight excluding hydrogens is 148 g/mol. The highest BCUT2D eigenvalue weighted by molar-refractivity contribution is 7.98. The minimum Gasteiger partial charge on any atom is -0.290 e. The Hall–Kier alpha value is -0.770. The number of hydrogen-bond donors (Lipinski definition) is 0. The second-order valence-corrected chi connectivity index (χ2v) is 2.66. The van der Waals surface area contributed by atoms with Gasteiger partial charge in [-0.25, -0.2) is 9.78 Å². The van der Waals surface area contributed by atoms with E-state index >= 15 is 0 Å². The van der Waals surface area contributed by atoms with Crippen LogP contribution < -0.4 is 5.69 Å². The second kappa shape index (κ2) is 2.88. The molecule has 3 nitrogen and oxygen atoms in total. The molecule has 0 spiro atoms. The lowest BCUT2D eigenvalue weighted by molar-refractivity contribution is 0.727. The molecule has 54 valence electrons. The van der Waals surface area contributed by atoms with Crippen molar-refractivity contribution in [1.29, 1.82) is 0 Å². The van der Waals surface area contributed by atoms with Gasteiger partial charge in [-0.05, 0) is 12.3 Å². The molecule has 0 N–H and O–H groups in total. The molecule has 0 atom stereocenters. The maximum Gasteiger partial charge on any atom is 0.348 e. The summed E-state index contributed by atoms with van der Waals surface area (Å²) in [6.45, 7) is 0. The van der Waals surface area contributed by atoms with Crippen LogP contribution in [0.4, 0.5) is 0 Å². The van der Waals surface area contributed by atoms with E-state index in [-0.39, 0.29) is 5.69 Å². The SMILES string of the molecule is CSc1ccnc(=O)n1C. The van der Waals surface area contributed by atoms with E-state index in [1.807, 2.05) is 12.3 Å². The van der Waals surface area contributed by atoms with Crippen LogP contribution >= 0.6 is 11.8 Å². The van der Waals surface area contributed by atoms with Crippen LogP contribution in [0.3, 0.4) is 0 Å². The fourth-order valence-corrected chi connectivity index (χ4v) is 1.21. The lowest BCUT2D eigenvalue weighted by Crippen LogP contribution is -2.19. The summed E-state index contributed by atoms with van der Waals surface area (Å²) in [7, 11) is 1.71. The van der Waals surface area contributed by atoms with E-state index in [2.05, 4.69) is 4.98 Å². The summed E-state index contributed by atoms with van der Waals surface area (Å²) in [5.74, 6) is 0. The van der Waals surface area contributed by atoms with Gasteiger partial charge in [-0.3, -0.25) is 4.57 Å². The number of rotatable bonds is 1. The molecule has 1 aromatic heterocycles. The largest absolute Gasteiger partial charge is 0.348 e. The van der Waals surface area contributed by atoms with Crippen molar-refractivity contribution in [2.45, 2.75) is 5.03 Å². The molecule has 0 amide bonds. The van der Waals surface area contributed by atoms with Gasteiger partial charge in [-0.2, -0.15) is 0 Å². The standard InChI is InChI=1S/C6H8N2OS/c1-8-5(10-2)3-4-7-6(8)9/h3-4H,1-2H3. The van der Waals surface area contributed by atoms with Crippen LogP contribution in [0, 0.1) is 0 Å². The lowest BCUT2D eigenvalue weighted by Gasteiger charge is -2.00. The Labute approximate surface area is 63.1 Å². The minimum absolute atomic E-state index is 0.202. The molecule has 1 rings (SSSR count). The Morgan fingerprint density at radius 1 is 1.70 bits per heavy atom. The topological polar surface area (TPSA) is 34.9 Å². The van der Waals surface area contributed by atoms with Gasteiger partial charge >= 0.3 is 5.69 Å². The molecule has 0 aromatic carbocycles. The van der Waals surface area contributed by atoms with Gasteiger partial charge in [0, 0.05) is 13.2 Å². The molecule has 0 fully saturated rings. The second-order valence-electron chi connectivity index (χ2n) is 1.83. The normalized spacial score (nSPS) is 9.80. The van der Waals surface area contributed by atoms with Crippen LogP contribution in [0.5, 0.6) is 0 Å². The Bertz CT molecular complexity index is 281. The van der Waals surface area contributed by atoms with Crippen molar-refractivity contribution in [3.63, 3.8) is 0 Å². The fraction of sp³-hybridized carbons (Fsp3) is 0.333. The lowest BCUT2D eigenvalue weighted by atomic mass is 10.7. The molecule has 0 radical (unpaired) electrons. The summed E-state index contributed by atoms with van der Waals surface area (Å²) < 4.78 is 1.52. The van der Waals surface area contributed by atoms with Gasteiger partial charge < -0.3 is 0 Å². The number of hydrogen-bond acceptors (Lipinski definition) is 3. The zero-order valence-electron chi connectivity index (χ0n) is 5.87. The molecule has 0 bridgehead atoms. The van der Waals surface area contributed by atoms with Crippen molar-refractivity contribution in [1.82, 2.24) is 9.55 Å². The summed E-state index contributed by atoms with van der Waals surface area (Å²) in [4.78, 5) is 14.4. The average Bonchev–Trinajstić information content (AvgIpc) is 1.95. The first kappa shape index (κ1) is 7.34. The summed E-state index contributed by atoms with van der Waals surface area (Å²) >= 11 is 1.53. The molecule has 0 saturated carbocycles. The molecule has 1 aromatic rings. The van der Waals surface area contributed by atoms with Crippen molar-refractivity contribution >= 4 is 11.8 Å². The summed E-state index contributed by atoms with van der Waals surface area (Å²) in [6.07, 6.45) is 3.45. The molecule has 4 heteroatoms. The van der Waals surface area contributed by atoms with Gasteiger partial charge in [0.2, 0.25) is 0 Å². The van der Waals surface area contributed by atoms with E-state index in [1.54, 1.807) is 7.05 Å². The summed E-state index contributed by atoms with van der Waals surface area (Å²) in [5.41, 5.74) is -0.202. The highest BCUT2D eigenvalue weighted by Crippen LogP contribution is 2.08. The Morgan fingerprint density at radius 2 is 2.40 bits per heavy atom. The van der Waals surface area contributed by atoms with E-state index in [1.165, 1.54) is 22.5 Å². The fourth-order valence-electron chi connectivity index (χ4n) is 0.662. The first-order valence-electron chi connectivity index (χ1n) is 2.81. The van der Waals surface area contributed by atoms with E-state index in [9.17, 15) is 4.79 Å². The van der Waals surface area contributed by atoms with Gasteiger partial charge in [0.15, 0.2) is 0 Å². The van der Waals surface area contributed by atoms with Crippen LogP contribution in [0.25, 0.3) is 0 Å². The van der Waals surface area contributed by atoms with Gasteiger partial charge in [0.25, 0.3) is 0 Å². The number of nitrogens with zero attached hydrogens (tertiary/aromatic N) is 2. The monoisotopic (exact) mass is 156 g/mol. The van der Waals surface area contributed by atoms with E-state index in [0.717, 1.165) is 5.03 Å². The molecule has 0 aliphatic carbocycles. The zero-order valence-corrected chi connectivity index (χ0v) is 6.68. The molecule has 0 aliphatic heterocycles. The predicted molar refractivity (Wildman–Crippen MR) is 41.3 cm³/mol. The summed E-state index contributed by atoms with van der Waals surface area (Å²) in [6, 6.07) is 1.81. The quantitative estimate of drug-likeness (QED) is 0.439. The highest BCUT2D eigenvalue weighted by Gasteiger charge is 1.95. The third kappa shape index (κ3) is 1.21. The maximum atomic E-state index is 10.8. The number of aromatic nitrogens is 2. The molecule has 1 heterocycles. The molecule has 10 heavy (non-hydrogen) atoms. The first-order valence-corrected chi connectivity index (χ1v) is 4.04. The van der Waals surface area contributed by atoms with E-state index in [4.69, 9.17) is 0 Å².